The van der Waals surface area contributed by atoms with Crippen LogP contribution in [0.2, 0.25) is 0 Å². The molecule has 0 radical (unpaired) electrons. The van der Waals surface area contributed by atoms with Crippen LogP contribution in [0.15, 0.2) is 0 Å². The van der Waals surface area contributed by atoms with E-state index in [1.165, 1.54) is 4.31 Å². The molecule has 1 unspecified atom stereocenters. The molecule has 1 rings (SSSR count). The van der Waals surface area contributed by atoms with Gasteiger partial charge in [-0.2, -0.15) is 12.7 Å². The molecule has 0 aliphatic carbocycles. The Kier molecular flexibility index (Phi) is 3.66. The van der Waals surface area contributed by atoms with Crippen LogP contribution in [0.3, 0.4) is 0 Å². The van der Waals surface area contributed by atoms with E-state index >= 15 is 0 Å². The van der Waals surface area contributed by atoms with Crippen molar-refractivity contribution in [2.75, 3.05) is 13.1 Å². The Morgan fingerprint density at radius 2 is 2.15 bits per heavy atom. The molecule has 6 heteroatoms. The van der Waals surface area contributed by atoms with Crippen LogP contribution in [0, 0.1) is 0 Å². The Hall–Kier alpha value is -0.170. The van der Waals surface area contributed by atoms with Crippen molar-refractivity contribution in [2.24, 2.45) is 10.9 Å². The summed E-state index contributed by atoms with van der Waals surface area (Å²) in [6.45, 7) is 1.17. The number of nitrogens with zero attached hydrogens (tertiary/aromatic N) is 1. The van der Waals surface area contributed by atoms with Gasteiger partial charge in [-0.1, -0.05) is 0 Å². The largest absolute Gasteiger partial charge is 0.330 e. The second-order valence-corrected chi connectivity index (χ2v) is 4.88. The standard InChI is InChI=1S/C7H17N3O2S/c8-5-1-3-7-4-2-6-10(7)13(9,11)12/h7H,1-6,8H2,(H2,9,11,12). The van der Waals surface area contributed by atoms with Gasteiger partial charge in [0.15, 0.2) is 0 Å². The SMILES string of the molecule is NCCCC1CCCN1S(N)(=O)=O. The lowest BCUT2D eigenvalue weighted by molar-refractivity contribution is 0.366. The van der Waals surface area contributed by atoms with Gasteiger partial charge in [-0.3, -0.25) is 0 Å². The molecule has 0 aromatic heterocycles. The summed E-state index contributed by atoms with van der Waals surface area (Å²) in [6, 6.07) is 0.0820. The van der Waals surface area contributed by atoms with E-state index < -0.39 is 10.2 Å². The maximum Gasteiger partial charge on any atom is 0.277 e. The fraction of sp³-hybridized carbons (Fsp3) is 1.00. The molecule has 1 heterocycles. The highest BCUT2D eigenvalue weighted by molar-refractivity contribution is 7.86. The summed E-state index contributed by atoms with van der Waals surface area (Å²) in [6.07, 6.45) is 3.51. The Morgan fingerprint density at radius 3 is 2.69 bits per heavy atom. The van der Waals surface area contributed by atoms with E-state index in [0.29, 0.717) is 13.1 Å². The molecule has 1 atom stereocenters. The minimum Gasteiger partial charge on any atom is -0.330 e. The van der Waals surface area contributed by atoms with E-state index in [0.717, 1.165) is 25.7 Å². The lowest BCUT2D eigenvalue weighted by Gasteiger charge is -2.20. The Balaban J connectivity index is 2.54. The molecular formula is C7H17N3O2S. The molecule has 1 fully saturated rings. The zero-order valence-corrected chi connectivity index (χ0v) is 8.46. The molecule has 0 aromatic rings. The molecule has 0 spiro atoms. The first-order chi connectivity index (χ1) is 6.05. The maximum absolute atomic E-state index is 11.1. The molecule has 1 aliphatic heterocycles. The highest BCUT2D eigenvalue weighted by Gasteiger charge is 2.30. The molecule has 0 bridgehead atoms. The van der Waals surface area contributed by atoms with Crippen molar-refractivity contribution in [3.8, 4) is 0 Å². The van der Waals surface area contributed by atoms with Crippen LogP contribution in [0.4, 0.5) is 0 Å². The monoisotopic (exact) mass is 207 g/mol. The van der Waals surface area contributed by atoms with Crippen LogP contribution >= 0.6 is 0 Å². The van der Waals surface area contributed by atoms with E-state index in [2.05, 4.69) is 0 Å². The molecule has 5 nitrogen and oxygen atoms in total. The van der Waals surface area contributed by atoms with E-state index in [1.807, 2.05) is 0 Å². The number of hydrogen-bond acceptors (Lipinski definition) is 3. The first kappa shape index (κ1) is 10.9. The van der Waals surface area contributed by atoms with Crippen molar-refractivity contribution in [3.63, 3.8) is 0 Å². The van der Waals surface area contributed by atoms with Gasteiger partial charge in [-0.05, 0) is 32.2 Å². The summed E-state index contributed by atoms with van der Waals surface area (Å²) in [5, 5.41) is 5.07. The molecule has 13 heavy (non-hydrogen) atoms. The van der Waals surface area contributed by atoms with Crippen LogP contribution in [0.1, 0.15) is 25.7 Å². The van der Waals surface area contributed by atoms with Gasteiger partial charge in [-0.15, -0.1) is 0 Å². The van der Waals surface area contributed by atoms with Gasteiger partial charge in [0.25, 0.3) is 10.2 Å². The Labute approximate surface area is 79.3 Å². The summed E-state index contributed by atoms with van der Waals surface area (Å²) < 4.78 is 23.6. The molecular weight excluding hydrogens is 190 g/mol. The molecule has 4 N–H and O–H groups in total. The minimum absolute atomic E-state index is 0.0820. The Morgan fingerprint density at radius 1 is 1.46 bits per heavy atom. The highest BCUT2D eigenvalue weighted by Crippen LogP contribution is 2.22. The normalized spacial score (nSPS) is 25.2. The lowest BCUT2D eigenvalue weighted by atomic mass is 10.1. The summed E-state index contributed by atoms with van der Waals surface area (Å²) >= 11 is 0. The summed E-state index contributed by atoms with van der Waals surface area (Å²) in [5.41, 5.74) is 5.36. The van der Waals surface area contributed by atoms with Crippen molar-refractivity contribution >= 4 is 10.2 Å². The van der Waals surface area contributed by atoms with Gasteiger partial charge in [-0.25, -0.2) is 5.14 Å². The summed E-state index contributed by atoms with van der Waals surface area (Å²) in [5.74, 6) is 0. The van der Waals surface area contributed by atoms with E-state index in [-0.39, 0.29) is 6.04 Å². The third-order valence-corrected chi connectivity index (χ3v) is 3.53. The predicted molar refractivity (Wildman–Crippen MR) is 51.1 cm³/mol. The van der Waals surface area contributed by atoms with Crippen molar-refractivity contribution in [3.05, 3.63) is 0 Å². The van der Waals surface area contributed by atoms with Crippen LogP contribution in [0.5, 0.6) is 0 Å². The van der Waals surface area contributed by atoms with E-state index in [4.69, 9.17) is 10.9 Å². The Bertz CT molecular complexity index is 252. The molecule has 0 amide bonds. The molecule has 1 aliphatic rings. The van der Waals surface area contributed by atoms with Crippen LogP contribution in [-0.2, 0) is 10.2 Å². The van der Waals surface area contributed by atoms with Crippen molar-refractivity contribution in [2.45, 2.75) is 31.7 Å². The molecule has 0 saturated carbocycles. The first-order valence-corrected chi connectivity index (χ1v) is 6.05. The van der Waals surface area contributed by atoms with Crippen molar-refractivity contribution < 1.29 is 8.42 Å². The minimum atomic E-state index is -3.49. The summed E-state index contributed by atoms with van der Waals surface area (Å²) in [4.78, 5) is 0. The lowest BCUT2D eigenvalue weighted by Crippen LogP contribution is -2.40. The average molecular weight is 207 g/mol. The zero-order chi connectivity index (χ0) is 9.90. The smallest absolute Gasteiger partial charge is 0.277 e. The number of nitrogens with two attached hydrogens (primary N) is 2. The molecule has 1 saturated heterocycles. The first-order valence-electron chi connectivity index (χ1n) is 4.55. The van der Waals surface area contributed by atoms with E-state index in [9.17, 15) is 8.42 Å². The highest BCUT2D eigenvalue weighted by atomic mass is 32.2. The van der Waals surface area contributed by atoms with Crippen molar-refractivity contribution in [1.29, 1.82) is 0 Å². The second kappa shape index (κ2) is 4.36. The maximum atomic E-state index is 11.1. The predicted octanol–water partition coefficient (Wildman–Crippen LogP) is -0.607. The third-order valence-electron chi connectivity index (χ3n) is 2.39. The van der Waals surface area contributed by atoms with Crippen LogP contribution < -0.4 is 10.9 Å². The van der Waals surface area contributed by atoms with E-state index in [1.54, 1.807) is 0 Å². The topological polar surface area (TPSA) is 89.4 Å². The van der Waals surface area contributed by atoms with Gasteiger partial charge in [0.2, 0.25) is 0 Å². The zero-order valence-electron chi connectivity index (χ0n) is 7.65. The van der Waals surface area contributed by atoms with Gasteiger partial charge >= 0.3 is 0 Å². The molecule has 0 aromatic carbocycles. The third kappa shape index (κ3) is 2.91. The van der Waals surface area contributed by atoms with Gasteiger partial charge in [0.05, 0.1) is 0 Å². The quantitative estimate of drug-likeness (QED) is 0.644. The van der Waals surface area contributed by atoms with Gasteiger partial charge in [0, 0.05) is 12.6 Å². The van der Waals surface area contributed by atoms with Crippen LogP contribution in [0.25, 0.3) is 0 Å². The number of hydrogen-bond donors (Lipinski definition) is 2. The van der Waals surface area contributed by atoms with Gasteiger partial charge in [0.1, 0.15) is 0 Å². The number of rotatable bonds is 4. The van der Waals surface area contributed by atoms with Gasteiger partial charge < -0.3 is 5.73 Å². The summed E-state index contributed by atoms with van der Waals surface area (Å²) in [7, 11) is -3.49. The fourth-order valence-electron chi connectivity index (χ4n) is 1.79. The second-order valence-electron chi connectivity index (χ2n) is 3.38. The van der Waals surface area contributed by atoms with Crippen molar-refractivity contribution in [1.82, 2.24) is 4.31 Å². The average Bonchev–Trinajstić information content (AvgIpc) is 2.47. The molecule has 78 valence electrons. The van der Waals surface area contributed by atoms with Crippen LogP contribution in [-0.4, -0.2) is 31.9 Å². The fourth-order valence-corrected chi connectivity index (χ4v) is 2.80.